The normalized spacial score (nSPS) is 25.8. The quantitative estimate of drug-likeness (QED) is 0.618. The number of guanidine groups is 1. The lowest BCUT2D eigenvalue weighted by Gasteiger charge is -2.20. The van der Waals surface area contributed by atoms with E-state index in [1.165, 1.54) is 29.1 Å². The zero-order valence-corrected chi connectivity index (χ0v) is 15.3. The van der Waals surface area contributed by atoms with Gasteiger partial charge in [0, 0.05) is 55.3 Å². The molecule has 6 heteroatoms. The minimum atomic E-state index is 0.519. The molecule has 1 saturated carbocycles. The Morgan fingerprint density at radius 2 is 2.30 bits per heavy atom. The molecule has 0 spiro atoms. The molecular weight excluding hydrogens is 306 g/mol. The standard InChI is InChI=1S/C17H29N5S/c1-4-18-17(19-8-7-16-20-10-13(3)23-16)21-14-9-12(2)22(11-14)15-5-6-15/h10,12,14-15H,4-9,11H2,1-3H3,(H2,18,19,21). The third-order valence-electron chi connectivity index (χ3n) is 4.59. The van der Waals surface area contributed by atoms with Crippen LogP contribution in [0.1, 0.15) is 43.0 Å². The molecule has 2 atom stereocenters. The third-order valence-corrected chi connectivity index (χ3v) is 5.56. The van der Waals surface area contributed by atoms with Gasteiger partial charge < -0.3 is 10.6 Å². The van der Waals surface area contributed by atoms with Crippen LogP contribution in [0.25, 0.3) is 0 Å². The van der Waals surface area contributed by atoms with Gasteiger partial charge in [-0.25, -0.2) is 4.98 Å². The second kappa shape index (κ2) is 7.62. The van der Waals surface area contributed by atoms with Crippen molar-refractivity contribution in [1.82, 2.24) is 20.5 Å². The second-order valence-corrected chi connectivity index (χ2v) is 8.05. The van der Waals surface area contributed by atoms with Crippen molar-refractivity contribution in [1.29, 1.82) is 0 Å². The van der Waals surface area contributed by atoms with E-state index >= 15 is 0 Å². The van der Waals surface area contributed by atoms with Gasteiger partial charge in [0.2, 0.25) is 0 Å². The molecule has 2 aliphatic rings. The fourth-order valence-corrected chi connectivity index (χ4v) is 4.15. The maximum Gasteiger partial charge on any atom is 0.191 e. The molecule has 2 fully saturated rings. The van der Waals surface area contributed by atoms with E-state index in [2.05, 4.69) is 41.3 Å². The monoisotopic (exact) mass is 335 g/mol. The number of rotatable bonds is 6. The van der Waals surface area contributed by atoms with Crippen LogP contribution in [0.2, 0.25) is 0 Å². The lowest BCUT2D eigenvalue weighted by molar-refractivity contribution is 0.256. The van der Waals surface area contributed by atoms with Gasteiger partial charge in [0.25, 0.3) is 0 Å². The highest BCUT2D eigenvalue weighted by Crippen LogP contribution is 2.33. The fraction of sp³-hybridized carbons (Fsp3) is 0.765. The van der Waals surface area contributed by atoms with Crippen LogP contribution in [0, 0.1) is 6.92 Å². The van der Waals surface area contributed by atoms with Crippen LogP contribution in [0.4, 0.5) is 0 Å². The van der Waals surface area contributed by atoms with Gasteiger partial charge in [0.1, 0.15) is 0 Å². The molecule has 0 aromatic carbocycles. The largest absolute Gasteiger partial charge is 0.357 e. The Hall–Kier alpha value is -1.14. The van der Waals surface area contributed by atoms with E-state index in [9.17, 15) is 0 Å². The molecule has 1 saturated heterocycles. The van der Waals surface area contributed by atoms with Crippen molar-refractivity contribution in [2.75, 3.05) is 19.6 Å². The number of hydrogen-bond acceptors (Lipinski definition) is 4. The van der Waals surface area contributed by atoms with Crippen molar-refractivity contribution in [3.05, 3.63) is 16.1 Å². The summed E-state index contributed by atoms with van der Waals surface area (Å²) in [5.41, 5.74) is 0. The van der Waals surface area contributed by atoms with E-state index < -0.39 is 0 Å². The van der Waals surface area contributed by atoms with Crippen LogP contribution in [0.3, 0.4) is 0 Å². The molecule has 5 nitrogen and oxygen atoms in total. The Balaban J connectivity index is 1.50. The molecule has 23 heavy (non-hydrogen) atoms. The summed E-state index contributed by atoms with van der Waals surface area (Å²) >= 11 is 1.77. The van der Waals surface area contributed by atoms with E-state index in [0.29, 0.717) is 12.1 Å². The minimum Gasteiger partial charge on any atom is -0.357 e. The summed E-state index contributed by atoms with van der Waals surface area (Å²) in [4.78, 5) is 13.1. The van der Waals surface area contributed by atoms with Crippen molar-refractivity contribution in [2.24, 2.45) is 4.99 Å². The number of aromatic nitrogens is 1. The van der Waals surface area contributed by atoms with Gasteiger partial charge in [0.15, 0.2) is 5.96 Å². The average Bonchev–Trinajstić information content (AvgIpc) is 3.17. The first-order chi connectivity index (χ1) is 11.2. The molecule has 2 heterocycles. The Morgan fingerprint density at radius 1 is 1.48 bits per heavy atom. The Morgan fingerprint density at radius 3 is 2.96 bits per heavy atom. The topological polar surface area (TPSA) is 52.6 Å². The number of likely N-dealkylation sites (tertiary alicyclic amines) is 1. The van der Waals surface area contributed by atoms with Gasteiger partial charge in [-0.3, -0.25) is 9.89 Å². The van der Waals surface area contributed by atoms with E-state index in [4.69, 9.17) is 4.99 Å². The average molecular weight is 336 g/mol. The van der Waals surface area contributed by atoms with Gasteiger partial charge >= 0.3 is 0 Å². The lowest BCUT2D eigenvalue weighted by Crippen LogP contribution is -2.44. The van der Waals surface area contributed by atoms with Crippen molar-refractivity contribution >= 4 is 17.3 Å². The van der Waals surface area contributed by atoms with E-state index in [1.807, 2.05) is 6.20 Å². The number of aliphatic imine (C=N–C) groups is 1. The molecule has 1 aliphatic heterocycles. The Labute approximate surface area is 143 Å². The van der Waals surface area contributed by atoms with Crippen molar-refractivity contribution in [3.8, 4) is 0 Å². The summed E-state index contributed by atoms with van der Waals surface area (Å²) in [6.45, 7) is 9.42. The lowest BCUT2D eigenvalue weighted by atomic mass is 10.2. The summed E-state index contributed by atoms with van der Waals surface area (Å²) in [5, 5.41) is 8.19. The van der Waals surface area contributed by atoms with E-state index in [-0.39, 0.29) is 0 Å². The highest BCUT2D eigenvalue weighted by molar-refractivity contribution is 7.11. The predicted molar refractivity (Wildman–Crippen MR) is 97.3 cm³/mol. The number of aryl methyl sites for hydroxylation is 1. The maximum atomic E-state index is 4.73. The van der Waals surface area contributed by atoms with Gasteiger partial charge in [-0.05, 0) is 40.0 Å². The summed E-state index contributed by atoms with van der Waals surface area (Å²) in [7, 11) is 0. The van der Waals surface area contributed by atoms with Crippen molar-refractivity contribution < 1.29 is 0 Å². The molecule has 2 N–H and O–H groups in total. The Bertz CT molecular complexity index is 537. The van der Waals surface area contributed by atoms with Gasteiger partial charge in [-0.15, -0.1) is 11.3 Å². The summed E-state index contributed by atoms with van der Waals surface area (Å²) in [6.07, 6.45) is 6.85. The predicted octanol–water partition coefficient (Wildman–Crippen LogP) is 2.17. The maximum absolute atomic E-state index is 4.73. The molecule has 0 radical (unpaired) electrons. The summed E-state index contributed by atoms with van der Waals surface area (Å²) in [5.74, 6) is 0.954. The van der Waals surface area contributed by atoms with Crippen LogP contribution < -0.4 is 10.6 Å². The highest BCUT2D eigenvalue weighted by Gasteiger charge is 2.38. The molecule has 2 unspecified atom stereocenters. The number of hydrogen-bond donors (Lipinski definition) is 2. The third kappa shape index (κ3) is 4.67. The van der Waals surface area contributed by atoms with Crippen LogP contribution in [-0.2, 0) is 6.42 Å². The first-order valence-electron chi connectivity index (χ1n) is 8.87. The van der Waals surface area contributed by atoms with Gasteiger partial charge in [0.05, 0.1) is 5.01 Å². The summed E-state index contributed by atoms with van der Waals surface area (Å²) < 4.78 is 0. The van der Waals surface area contributed by atoms with Gasteiger partial charge in [-0.2, -0.15) is 0 Å². The second-order valence-electron chi connectivity index (χ2n) is 6.73. The van der Waals surface area contributed by atoms with Crippen LogP contribution in [-0.4, -0.2) is 53.6 Å². The van der Waals surface area contributed by atoms with E-state index in [0.717, 1.165) is 38.1 Å². The first kappa shape index (κ1) is 16.7. The molecule has 0 bridgehead atoms. The molecule has 128 valence electrons. The SMILES string of the molecule is CCNC(=NCCc1ncc(C)s1)NC1CC(C)N(C2CC2)C1. The summed E-state index contributed by atoms with van der Waals surface area (Å²) in [6, 6.07) is 2.07. The Kier molecular flexibility index (Phi) is 5.54. The minimum absolute atomic E-state index is 0.519. The number of nitrogens with one attached hydrogen (secondary N) is 2. The molecule has 3 rings (SSSR count). The van der Waals surface area contributed by atoms with Crippen LogP contribution in [0.5, 0.6) is 0 Å². The van der Waals surface area contributed by atoms with Crippen LogP contribution in [0.15, 0.2) is 11.2 Å². The molecule has 1 aromatic rings. The highest BCUT2D eigenvalue weighted by atomic mass is 32.1. The first-order valence-corrected chi connectivity index (χ1v) is 9.69. The number of nitrogens with zero attached hydrogens (tertiary/aromatic N) is 3. The fourth-order valence-electron chi connectivity index (χ4n) is 3.37. The van der Waals surface area contributed by atoms with Gasteiger partial charge in [-0.1, -0.05) is 0 Å². The molecule has 0 amide bonds. The number of thiazole rings is 1. The smallest absolute Gasteiger partial charge is 0.191 e. The zero-order chi connectivity index (χ0) is 16.2. The molecule has 1 aromatic heterocycles. The van der Waals surface area contributed by atoms with E-state index in [1.54, 1.807) is 11.3 Å². The van der Waals surface area contributed by atoms with Crippen molar-refractivity contribution in [2.45, 2.75) is 64.6 Å². The van der Waals surface area contributed by atoms with Crippen molar-refractivity contribution in [3.63, 3.8) is 0 Å². The molecular formula is C17H29N5S. The molecule has 1 aliphatic carbocycles. The zero-order valence-electron chi connectivity index (χ0n) is 14.5. The van der Waals surface area contributed by atoms with Crippen LogP contribution >= 0.6 is 11.3 Å².